The van der Waals surface area contributed by atoms with E-state index in [-0.39, 0.29) is 0 Å². The van der Waals surface area contributed by atoms with Crippen molar-refractivity contribution in [3.8, 4) is 0 Å². The Bertz CT molecular complexity index is 102. The Balaban J connectivity index is 2.52. The Morgan fingerprint density at radius 3 is 2.30 bits per heavy atom. The van der Waals surface area contributed by atoms with Crippen molar-refractivity contribution >= 4 is 0 Å². The molecule has 0 aromatic rings. The maximum Gasteiger partial charge on any atom is 0.115 e. The van der Waals surface area contributed by atoms with Crippen LogP contribution in [0.2, 0.25) is 0 Å². The number of aliphatic hydroxyl groups is 3. The molecule has 4 nitrogen and oxygen atoms in total. The van der Waals surface area contributed by atoms with Gasteiger partial charge in [0.2, 0.25) is 0 Å². The van der Waals surface area contributed by atoms with E-state index in [9.17, 15) is 0 Å². The predicted molar refractivity (Wildman–Crippen MR) is 32.9 cm³/mol. The number of hydrogen-bond acceptors (Lipinski definition) is 4. The van der Waals surface area contributed by atoms with Crippen LogP contribution in [-0.2, 0) is 4.74 Å². The van der Waals surface area contributed by atoms with Gasteiger partial charge in [0.05, 0.1) is 6.10 Å². The van der Waals surface area contributed by atoms with Crippen molar-refractivity contribution in [3.05, 3.63) is 6.61 Å². The summed E-state index contributed by atoms with van der Waals surface area (Å²) >= 11 is 0. The third kappa shape index (κ3) is 1.29. The summed E-state index contributed by atoms with van der Waals surface area (Å²) in [6.45, 7) is 2.75. The molecule has 0 spiro atoms. The van der Waals surface area contributed by atoms with Crippen LogP contribution in [0.1, 0.15) is 6.92 Å². The zero-order chi connectivity index (χ0) is 7.72. The van der Waals surface area contributed by atoms with Gasteiger partial charge in [0, 0.05) is 0 Å². The van der Waals surface area contributed by atoms with Crippen molar-refractivity contribution < 1.29 is 20.1 Å². The highest BCUT2D eigenvalue weighted by Gasteiger charge is 2.35. The monoisotopic (exact) mass is 147 g/mol. The summed E-state index contributed by atoms with van der Waals surface area (Å²) in [7, 11) is 0. The molecule has 0 unspecified atom stereocenters. The van der Waals surface area contributed by atoms with Crippen LogP contribution in [0.3, 0.4) is 0 Å². The predicted octanol–water partition coefficient (Wildman–Crippen LogP) is -1.35. The SMILES string of the molecule is C[C@@H]1O[CH][C@@H](O)[C@H](O)[C@@H]1O. The van der Waals surface area contributed by atoms with Crippen LogP contribution in [0.5, 0.6) is 0 Å². The molecule has 1 fully saturated rings. The van der Waals surface area contributed by atoms with Crippen LogP contribution >= 0.6 is 0 Å². The van der Waals surface area contributed by atoms with Crippen molar-refractivity contribution in [1.29, 1.82) is 0 Å². The first-order valence-corrected chi connectivity index (χ1v) is 3.16. The Morgan fingerprint density at radius 1 is 1.20 bits per heavy atom. The third-order valence-electron chi connectivity index (χ3n) is 1.61. The van der Waals surface area contributed by atoms with Crippen LogP contribution in [0.25, 0.3) is 0 Å². The van der Waals surface area contributed by atoms with Crippen molar-refractivity contribution in [2.75, 3.05) is 0 Å². The van der Waals surface area contributed by atoms with Gasteiger partial charge < -0.3 is 20.1 Å². The average Bonchev–Trinajstić information content (AvgIpc) is 1.93. The number of hydrogen-bond donors (Lipinski definition) is 3. The fourth-order valence-electron chi connectivity index (χ4n) is 0.845. The summed E-state index contributed by atoms with van der Waals surface area (Å²) in [6.07, 6.45) is -3.65. The zero-order valence-electron chi connectivity index (χ0n) is 5.64. The smallest absolute Gasteiger partial charge is 0.115 e. The number of ether oxygens (including phenoxy) is 1. The molecule has 0 bridgehead atoms. The molecule has 1 aliphatic rings. The molecule has 1 saturated heterocycles. The summed E-state index contributed by atoms with van der Waals surface area (Å²) in [5.74, 6) is 0. The standard InChI is InChI=1S/C6H11O4/c1-3-5(8)6(9)4(7)2-10-3/h2-9H,1H3/t3-,4+,5+,6-/m0/s1. The molecule has 3 N–H and O–H groups in total. The van der Waals surface area contributed by atoms with E-state index in [0.717, 1.165) is 6.61 Å². The molecule has 4 atom stereocenters. The third-order valence-corrected chi connectivity index (χ3v) is 1.61. The second-order valence-corrected chi connectivity index (χ2v) is 2.45. The topological polar surface area (TPSA) is 69.9 Å². The largest absolute Gasteiger partial charge is 0.388 e. The van der Waals surface area contributed by atoms with Gasteiger partial charge in [0.25, 0.3) is 0 Å². The van der Waals surface area contributed by atoms with Gasteiger partial charge in [0.1, 0.15) is 24.9 Å². The maximum atomic E-state index is 9.06. The Labute approximate surface area is 59.1 Å². The molecule has 1 aliphatic heterocycles. The molecule has 0 aromatic carbocycles. The van der Waals surface area contributed by atoms with Crippen molar-refractivity contribution in [2.24, 2.45) is 0 Å². The van der Waals surface area contributed by atoms with Gasteiger partial charge in [-0.05, 0) is 6.92 Å². The van der Waals surface area contributed by atoms with E-state index in [0.29, 0.717) is 0 Å². The summed E-state index contributed by atoms with van der Waals surface area (Å²) in [4.78, 5) is 0. The summed E-state index contributed by atoms with van der Waals surface area (Å²) in [6, 6.07) is 0. The molecule has 59 valence electrons. The molecule has 0 aromatic heterocycles. The lowest BCUT2D eigenvalue weighted by Gasteiger charge is -2.32. The van der Waals surface area contributed by atoms with Crippen LogP contribution in [0.15, 0.2) is 0 Å². The lowest BCUT2D eigenvalue weighted by atomic mass is 10.0. The van der Waals surface area contributed by atoms with E-state index in [2.05, 4.69) is 0 Å². The second kappa shape index (κ2) is 2.84. The fourth-order valence-corrected chi connectivity index (χ4v) is 0.845. The minimum atomic E-state index is -1.12. The minimum Gasteiger partial charge on any atom is -0.388 e. The average molecular weight is 147 g/mol. The fraction of sp³-hybridized carbons (Fsp3) is 0.833. The minimum absolute atomic E-state index is 0.446. The van der Waals surface area contributed by atoms with Gasteiger partial charge >= 0.3 is 0 Å². The summed E-state index contributed by atoms with van der Waals surface area (Å²) < 4.78 is 4.79. The maximum absolute atomic E-state index is 9.06. The van der Waals surface area contributed by atoms with Gasteiger partial charge in [-0.25, -0.2) is 0 Å². The van der Waals surface area contributed by atoms with E-state index in [1.807, 2.05) is 0 Å². The molecule has 1 rings (SSSR count). The van der Waals surface area contributed by atoms with Crippen LogP contribution in [-0.4, -0.2) is 39.7 Å². The number of aliphatic hydroxyl groups excluding tert-OH is 3. The van der Waals surface area contributed by atoms with Gasteiger partial charge in [-0.3, -0.25) is 0 Å². The molecule has 1 radical (unpaired) electrons. The van der Waals surface area contributed by atoms with Gasteiger partial charge in [-0.1, -0.05) is 0 Å². The van der Waals surface area contributed by atoms with E-state index in [1.165, 1.54) is 0 Å². The van der Waals surface area contributed by atoms with Crippen molar-refractivity contribution in [3.63, 3.8) is 0 Å². The van der Waals surface area contributed by atoms with Gasteiger partial charge in [-0.15, -0.1) is 0 Å². The van der Waals surface area contributed by atoms with Crippen LogP contribution in [0, 0.1) is 6.61 Å². The second-order valence-electron chi connectivity index (χ2n) is 2.45. The number of rotatable bonds is 0. The highest BCUT2D eigenvalue weighted by atomic mass is 16.5. The van der Waals surface area contributed by atoms with E-state index in [1.54, 1.807) is 6.92 Å². The van der Waals surface area contributed by atoms with Crippen LogP contribution in [0.4, 0.5) is 0 Å². The first-order valence-electron chi connectivity index (χ1n) is 3.16. The van der Waals surface area contributed by atoms with Gasteiger partial charge in [-0.2, -0.15) is 0 Å². The summed E-state index contributed by atoms with van der Waals surface area (Å²) in [5, 5.41) is 26.9. The summed E-state index contributed by atoms with van der Waals surface area (Å²) in [5.41, 5.74) is 0. The van der Waals surface area contributed by atoms with E-state index in [4.69, 9.17) is 20.1 Å². The highest BCUT2D eigenvalue weighted by Crippen LogP contribution is 2.17. The zero-order valence-corrected chi connectivity index (χ0v) is 5.64. The highest BCUT2D eigenvalue weighted by molar-refractivity contribution is 4.89. The first kappa shape index (κ1) is 7.94. The van der Waals surface area contributed by atoms with E-state index < -0.39 is 24.4 Å². The van der Waals surface area contributed by atoms with E-state index >= 15 is 0 Å². The van der Waals surface area contributed by atoms with Crippen molar-refractivity contribution in [2.45, 2.75) is 31.3 Å². The van der Waals surface area contributed by atoms with Gasteiger partial charge in [0.15, 0.2) is 0 Å². The molecule has 0 aliphatic carbocycles. The molecule has 0 amide bonds. The Morgan fingerprint density at radius 2 is 1.80 bits per heavy atom. The lowest BCUT2D eigenvalue weighted by Crippen LogP contribution is -2.49. The molecule has 1 heterocycles. The molecule has 10 heavy (non-hydrogen) atoms. The Hall–Kier alpha value is -0.160. The van der Waals surface area contributed by atoms with Crippen LogP contribution < -0.4 is 0 Å². The molecular formula is C6H11O4. The molecule has 0 saturated carbocycles. The Kier molecular flexibility index (Phi) is 2.25. The molecular weight excluding hydrogens is 136 g/mol. The lowest BCUT2D eigenvalue weighted by molar-refractivity contribution is -0.155. The normalized spacial score (nSPS) is 49.2. The first-order chi connectivity index (χ1) is 4.63. The quantitative estimate of drug-likeness (QED) is 0.396. The van der Waals surface area contributed by atoms with Crippen molar-refractivity contribution in [1.82, 2.24) is 0 Å². The molecule has 4 heteroatoms.